The molecule has 50 heavy (non-hydrogen) atoms. The molecule has 0 aliphatic rings. The number of nitrogens with zero attached hydrogens (tertiary/aromatic N) is 3. The van der Waals surface area contributed by atoms with Crippen LogP contribution in [0.2, 0.25) is 0 Å². The van der Waals surface area contributed by atoms with E-state index in [-0.39, 0.29) is 0 Å². The zero-order valence-electron chi connectivity index (χ0n) is 27.2. The molecule has 9 aromatic rings. The summed E-state index contributed by atoms with van der Waals surface area (Å²) in [4.78, 5) is 15.6. The maximum atomic E-state index is 5.30. The van der Waals surface area contributed by atoms with E-state index in [4.69, 9.17) is 15.0 Å². The van der Waals surface area contributed by atoms with Crippen LogP contribution in [-0.4, -0.2) is 15.0 Å². The molecule has 0 aliphatic carbocycles. The summed E-state index contributed by atoms with van der Waals surface area (Å²) in [6, 6.07) is 65.8. The van der Waals surface area contributed by atoms with Crippen LogP contribution in [0.15, 0.2) is 188 Å². The Morgan fingerprint density at radius 3 is 1.44 bits per heavy atom. The highest BCUT2D eigenvalue weighted by atomic mass is 15.0. The zero-order valence-corrected chi connectivity index (χ0v) is 27.2. The average molecular weight is 638 g/mol. The molecule has 0 radical (unpaired) electrons. The van der Waals surface area contributed by atoms with E-state index in [0.29, 0.717) is 17.5 Å². The number of benzene rings is 8. The fraction of sp³-hybridized carbons (Fsp3) is 0. The first-order valence-corrected chi connectivity index (χ1v) is 16.9. The molecule has 0 amide bonds. The Labute approximate surface area is 291 Å². The highest BCUT2D eigenvalue weighted by Crippen LogP contribution is 2.39. The van der Waals surface area contributed by atoms with Crippen LogP contribution in [0.4, 0.5) is 0 Å². The second-order valence-electron chi connectivity index (χ2n) is 12.4. The van der Waals surface area contributed by atoms with Gasteiger partial charge in [-0.15, -0.1) is 0 Å². The van der Waals surface area contributed by atoms with Crippen molar-refractivity contribution in [3.63, 3.8) is 0 Å². The molecule has 0 unspecified atom stereocenters. The number of hydrogen-bond acceptors (Lipinski definition) is 3. The van der Waals surface area contributed by atoms with Crippen molar-refractivity contribution in [1.29, 1.82) is 0 Å². The van der Waals surface area contributed by atoms with Crippen molar-refractivity contribution in [2.75, 3.05) is 0 Å². The standard InChI is InChI=1S/C47H31N3/c1-4-15-32(16-5-1)36-29-30-38(33-17-6-2-7-18-33)44(31-36)47-49-45(35-20-8-3-9-21-35)48-46(50-47)43-28-14-26-41-40(25-13-27-42(41)43)39-24-12-22-34-19-10-11-23-37(34)39/h1-31H. The van der Waals surface area contributed by atoms with E-state index in [1.165, 1.54) is 21.9 Å². The van der Waals surface area contributed by atoms with Crippen LogP contribution in [-0.2, 0) is 0 Å². The Bertz CT molecular complexity index is 2630. The molecule has 0 bridgehead atoms. The molecule has 1 heterocycles. The van der Waals surface area contributed by atoms with Gasteiger partial charge in [0.15, 0.2) is 17.5 Å². The van der Waals surface area contributed by atoms with Crippen LogP contribution in [0.25, 0.3) is 89.1 Å². The highest BCUT2D eigenvalue weighted by Gasteiger charge is 2.19. The van der Waals surface area contributed by atoms with Crippen LogP contribution >= 0.6 is 0 Å². The number of rotatable bonds is 6. The summed E-state index contributed by atoms with van der Waals surface area (Å²) >= 11 is 0. The van der Waals surface area contributed by atoms with Gasteiger partial charge in [0, 0.05) is 16.7 Å². The summed E-state index contributed by atoms with van der Waals surface area (Å²) in [5.74, 6) is 1.91. The number of hydrogen-bond donors (Lipinski definition) is 0. The fourth-order valence-electron chi connectivity index (χ4n) is 6.94. The lowest BCUT2D eigenvalue weighted by atomic mass is 9.92. The lowest BCUT2D eigenvalue weighted by Gasteiger charge is -2.15. The van der Waals surface area contributed by atoms with Gasteiger partial charge in [-0.3, -0.25) is 0 Å². The summed E-state index contributed by atoms with van der Waals surface area (Å²) < 4.78 is 0. The SMILES string of the molecule is c1ccc(-c2ccc(-c3ccccc3)c(-c3nc(-c4ccccc4)nc(-c4cccc5c(-c6cccc7ccccc67)cccc45)n3)c2)cc1. The summed E-state index contributed by atoms with van der Waals surface area (Å²) in [5, 5.41) is 4.70. The predicted octanol–water partition coefficient (Wildman–Crippen LogP) is 12.2. The quantitative estimate of drug-likeness (QED) is 0.182. The largest absolute Gasteiger partial charge is 0.208 e. The topological polar surface area (TPSA) is 38.7 Å². The van der Waals surface area contributed by atoms with E-state index in [2.05, 4.69) is 158 Å². The first-order valence-electron chi connectivity index (χ1n) is 16.9. The molecular weight excluding hydrogens is 607 g/mol. The highest BCUT2D eigenvalue weighted by molar-refractivity contribution is 6.08. The van der Waals surface area contributed by atoms with Gasteiger partial charge >= 0.3 is 0 Å². The molecule has 0 N–H and O–H groups in total. The summed E-state index contributed by atoms with van der Waals surface area (Å²) in [5.41, 5.74) is 9.66. The predicted molar refractivity (Wildman–Crippen MR) is 207 cm³/mol. The second kappa shape index (κ2) is 12.7. The normalized spacial score (nSPS) is 11.2. The first kappa shape index (κ1) is 29.4. The van der Waals surface area contributed by atoms with Gasteiger partial charge < -0.3 is 0 Å². The van der Waals surface area contributed by atoms with E-state index >= 15 is 0 Å². The van der Waals surface area contributed by atoms with Gasteiger partial charge in [-0.1, -0.05) is 182 Å². The van der Waals surface area contributed by atoms with E-state index in [0.717, 1.165) is 49.7 Å². The molecule has 0 aliphatic heterocycles. The van der Waals surface area contributed by atoms with Gasteiger partial charge in [0.2, 0.25) is 0 Å². The van der Waals surface area contributed by atoms with Gasteiger partial charge in [-0.2, -0.15) is 0 Å². The van der Waals surface area contributed by atoms with Crippen molar-refractivity contribution in [1.82, 2.24) is 15.0 Å². The summed E-state index contributed by atoms with van der Waals surface area (Å²) in [7, 11) is 0. The molecule has 0 saturated heterocycles. The Hall–Kier alpha value is -6.71. The third kappa shape index (κ3) is 5.41. The van der Waals surface area contributed by atoms with Crippen LogP contribution in [0.3, 0.4) is 0 Å². The van der Waals surface area contributed by atoms with Crippen molar-refractivity contribution in [2.45, 2.75) is 0 Å². The van der Waals surface area contributed by atoms with E-state index in [1.54, 1.807) is 0 Å². The van der Waals surface area contributed by atoms with Crippen molar-refractivity contribution in [2.24, 2.45) is 0 Å². The Morgan fingerprint density at radius 2 is 0.720 bits per heavy atom. The minimum absolute atomic E-state index is 0.632. The number of fused-ring (bicyclic) bond motifs is 2. The van der Waals surface area contributed by atoms with Crippen molar-refractivity contribution in [3.05, 3.63) is 188 Å². The van der Waals surface area contributed by atoms with Gasteiger partial charge in [-0.05, 0) is 61.0 Å². The van der Waals surface area contributed by atoms with Gasteiger partial charge in [0.1, 0.15) is 0 Å². The van der Waals surface area contributed by atoms with Crippen LogP contribution in [0.5, 0.6) is 0 Å². The minimum atomic E-state index is 0.632. The molecule has 0 saturated carbocycles. The molecule has 9 rings (SSSR count). The third-order valence-corrected chi connectivity index (χ3v) is 9.36. The maximum absolute atomic E-state index is 5.30. The molecule has 0 fully saturated rings. The van der Waals surface area contributed by atoms with E-state index < -0.39 is 0 Å². The maximum Gasteiger partial charge on any atom is 0.164 e. The van der Waals surface area contributed by atoms with Gasteiger partial charge in [0.05, 0.1) is 0 Å². The Balaban J connectivity index is 1.29. The molecular formula is C47H31N3. The van der Waals surface area contributed by atoms with Crippen LogP contribution in [0.1, 0.15) is 0 Å². The van der Waals surface area contributed by atoms with E-state index in [9.17, 15) is 0 Å². The monoisotopic (exact) mass is 637 g/mol. The van der Waals surface area contributed by atoms with Gasteiger partial charge in [0.25, 0.3) is 0 Å². The molecule has 0 atom stereocenters. The molecule has 234 valence electrons. The molecule has 3 nitrogen and oxygen atoms in total. The summed E-state index contributed by atoms with van der Waals surface area (Å²) in [6.07, 6.45) is 0. The van der Waals surface area contributed by atoms with Crippen molar-refractivity contribution in [3.8, 4) is 67.5 Å². The Morgan fingerprint density at radius 1 is 0.240 bits per heavy atom. The fourth-order valence-corrected chi connectivity index (χ4v) is 6.94. The van der Waals surface area contributed by atoms with E-state index in [1.807, 2.05) is 30.3 Å². The third-order valence-electron chi connectivity index (χ3n) is 9.36. The second-order valence-corrected chi connectivity index (χ2v) is 12.4. The molecule has 8 aromatic carbocycles. The smallest absolute Gasteiger partial charge is 0.164 e. The Kier molecular flexibility index (Phi) is 7.49. The van der Waals surface area contributed by atoms with Crippen LogP contribution in [0, 0.1) is 0 Å². The minimum Gasteiger partial charge on any atom is -0.208 e. The number of aromatic nitrogens is 3. The first-order chi connectivity index (χ1) is 24.8. The average Bonchev–Trinajstić information content (AvgIpc) is 3.21. The van der Waals surface area contributed by atoms with Gasteiger partial charge in [-0.25, -0.2) is 15.0 Å². The molecule has 3 heteroatoms. The van der Waals surface area contributed by atoms with Crippen LogP contribution < -0.4 is 0 Å². The summed E-state index contributed by atoms with van der Waals surface area (Å²) in [6.45, 7) is 0. The lowest BCUT2D eigenvalue weighted by molar-refractivity contribution is 1.08. The lowest BCUT2D eigenvalue weighted by Crippen LogP contribution is -2.02. The van der Waals surface area contributed by atoms with Crippen molar-refractivity contribution >= 4 is 21.5 Å². The zero-order chi connectivity index (χ0) is 33.3. The molecule has 1 aromatic heterocycles. The molecule has 0 spiro atoms. The van der Waals surface area contributed by atoms with Crippen molar-refractivity contribution < 1.29 is 0 Å².